The zero-order valence-corrected chi connectivity index (χ0v) is 16.4. The van der Waals surface area contributed by atoms with Crippen LogP contribution >= 0.6 is 0 Å². The van der Waals surface area contributed by atoms with Crippen LogP contribution in [-0.2, 0) is 11.3 Å². The molecule has 1 amide bonds. The summed E-state index contributed by atoms with van der Waals surface area (Å²) in [5, 5.41) is 3.19. The number of nitrogens with zero attached hydrogens (tertiary/aromatic N) is 2. The number of hydrogen-bond acceptors (Lipinski definition) is 3. The smallest absolute Gasteiger partial charge is 0.224 e. The number of piperidine rings is 2. The van der Waals surface area contributed by atoms with E-state index in [2.05, 4.69) is 15.1 Å². The molecule has 5 heteroatoms. The van der Waals surface area contributed by atoms with Crippen molar-refractivity contribution in [1.82, 2.24) is 15.1 Å². The number of halogens is 1. The first-order valence-corrected chi connectivity index (χ1v) is 10.6. The number of likely N-dealkylation sites (tertiary alicyclic amines) is 2. The number of benzene rings is 1. The summed E-state index contributed by atoms with van der Waals surface area (Å²) in [7, 11) is 0. The van der Waals surface area contributed by atoms with Gasteiger partial charge in [-0.25, -0.2) is 4.39 Å². The highest BCUT2D eigenvalue weighted by Gasteiger charge is 2.33. The molecule has 0 spiro atoms. The lowest BCUT2D eigenvalue weighted by molar-refractivity contribution is -0.127. The predicted molar refractivity (Wildman–Crippen MR) is 105 cm³/mol. The van der Waals surface area contributed by atoms with Crippen molar-refractivity contribution in [3.8, 4) is 0 Å². The van der Waals surface area contributed by atoms with Gasteiger partial charge in [-0.05, 0) is 88.3 Å². The van der Waals surface area contributed by atoms with Gasteiger partial charge in [0, 0.05) is 25.2 Å². The van der Waals surface area contributed by atoms with E-state index in [9.17, 15) is 9.18 Å². The Bertz CT molecular complexity index is 668. The average molecular weight is 374 g/mol. The highest BCUT2D eigenvalue weighted by Crippen LogP contribution is 2.26. The highest BCUT2D eigenvalue weighted by atomic mass is 19.1. The van der Waals surface area contributed by atoms with E-state index >= 15 is 0 Å². The molecule has 3 fully saturated rings. The summed E-state index contributed by atoms with van der Waals surface area (Å²) >= 11 is 0. The van der Waals surface area contributed by atoms with Crippen molar-refractivity contribution in [1.29, 1.82) is 0 Å². The average Bonchev–Trinajstić information content (AvgIpc) is 3.49. The molecule has 1 aromatic carbocycles. The molecule has 1 saturated carbocycles. The molecule has 2 heterocycles. The zero-order valence-electron chi connectivity index (χ0n) is 16.4. The van der Waals surface area contributed by atoms with Gasteiger partial charge < -0.3 is 5.32 Å². The summed E-state index contributed by atoms with van der Waals surface area (Å²) < 4.78 is 13.3. The van der Waals surface area contributed by atoms with E-state index in [1.807, 2.05) is 13.0 Å². The number of aryl methyl sites for hydroxylation is 1. The van der Waals surface area contributed by atoms with Gasteiger partial charge in [-0.1, -0.05) is 6.07 Å². The zero-order chi connectivity index (χ0) is 18.8. The van der Waals surface area contributed by atoms with E-state index in [1.165, 1.54) is 5.56 Å². The predicted octanol–water partition coefficient (Wildman–Crippen LogP) is 3.09. The maximum absolute atomic E-state index is 13.3. The first-order chi connectivity index (χ1) is 13.1. The quantitative estimate of drug-likeness (QED) is 0.862. The molecular formula is C22H32FN3O. The molecule has 0 radical (unpaired) electrons. The van der Waals surface area contributed by atoms with Crippen molar-refractivity contribution >= 4 is 5.91 Å². The van der Waals surface area contributed by atoms with E-state index in [4.69, 9.17) is 0 Å². The Morgan fingerprint density at radius 1 is 1.15 bits per heavy atom. The second-order valence-electron chi connectivity index (χ2n) is 8.70. The minimum absolute atomic E-state index is 0.152. The maximum Gasteiger partial charge on any atom is 0.224 e. The number of hydrogen-bond donors (Lipinski definition) is 1. The minimum atomic E-state index is -0.152. The van der Waals surface area contributed by atoms with E-state index in [1.54, 1.807) is 12.1 Å². The Morgan fingerprint density at radius 3 is 2.63 bits per heavy atom. The van der Waals surface area contributed by atoms with Crippen molar-refractivity contribution in [2.75, 3.05) is 26.2 Å². The molecule has 0 bridgehead atoms. The number of rotatable bonds is 5. The van der Waals surface area contributed by atoms with Gasteiger partial charge in [-0.15, -0.1) is 0 Å². The fourth-order valence-corrected chi connectivity index (χ4v) is 4.62. The minimum Gasteiger partial charge on any atom is -0.353 e. The topological polar surface area (TPSA) is 35.6 Å². The molecule has 2 saturated heterocycles. The first kappa shape index (κ1) is 18.9. The Hall–Kier alpha value is -1.46. The van der Waals surface area contributed by atoms with Gasteiger partial charge in [-0.2, -0.15) is 0 Å². The monoisotopic (exact) mass is 373 g/mol. The summed E-state index contributed by atoms with van der Waals surface area (Å²) in [6.07, 6.45) is 6.83. The number of amides is 1. The molecule has 1 atom stereocenters. The first-order valence-electron chi connectivity index (χ1n) is 10.6. The largest absolute Gasteiger partial charge is 0.353 e. The van der Waals surface area contributed by atoms with Crippen molar-refractivity contribution in [3.05, 3.63) is 35.1 Å². The normalized spacial score (nSPS) is 25.5. The van der Waals surface area contributed by atoms with E-state index in [0.717, 1.165) is 76.8 Å². The number of carbonyl (C=O) groups excluding carboxylic acids is 1. The molecule has 0 aromatic heterocycles. The SMILES string of the molecule is Cc1cc(F)ccc1CN1CCC(N2CCC[C@H](C(=O)NC3CC3)C2)CC1. The van der Waals surface area contributed by atoms with Gasteiger partial charge >= 0.3 is 0 Å². The van der Waals surface area contributed by atoms with Gasteiger partial charge in [0.25, 0.3) is 0 Å². The Labute approximate surface area is 162 Å². The molecule has 3 aliphatic rings. The lowest BCUT2D eigenvalue weighted by atomic mass is 9.93. The van der Waals surface area contributed by atoms with Crippen LogP contribution in [0.3, 0.4) is 0 Å². The van der Waals surface area contributed by atoms with Crippen LogP contribution in [-0.4, -0.2) is 54.0 Å². The number of nitrogens with one attached hydrogen (secondary N) is 1. The maximum atomic E-state index is 13.3. The molecule has 0 unspecified atom stereocenters. The third-order valence-corrected chi connectivity index (χ3v) is 6.52. The molecule has 1 N–H and O–H groups in total. The van der Waals surface area contributed by atoms with Crippen LogP contribution in [0, 0.1) is 18.7 Å². The standard InChI is InChI=1S/C22H32FN3O/c1-16-13-19(23)5-4-17(16)14-25-11-8-21(9-12-25)26-10-2-3-18(15-26)22(27)24-20-6-7-20/h4-5,13,18,20-21H,2-3,6-12,14-15H2,1H3,(H,24,27)/t18-/m0/s1. The van der Waals surface area contributed by atoms with Crippen LogP contribution in [0.2, 0.25) is 0 Å². The van der Waals surface area contributed by atoms with Gasteiger partial charge in [0.2, 0.25) is 5.91 Å². The van der Waals surface area contributed by atoms with Crippen LogP contribution in [0.4, 0.5) is 4.39 Å². The van der Waals surface area contributed by atoms with Crippen LogP contribution in [0.1, 0.15) is 49.7 Å². The molecule has 4 rings (SSSR count). The Morgan fingerprint density at radius 2 is 1.93 bits per heavy atom. The fourth-order valence-electron chi connectivity index (χ4n) is 4.62. The summed E-state index contributed by atoms with van der Waals surface area (Å²) in [4.78, 5) is 17.5. The lowest BCUT2D eigenvalue weighted by Crippen LogP contribution is -2.50. The van der Waals surface area contributed by atoms with Gasteiger partial charge in [0.1, 0.15) is 5.82 Å². The van der Waals surface area contributed by atoms with Crippen molar-refractivity contribution in [2.24, 2.45) is 5.92 Å². The second-order valence-corrected chi connectivity index (χ2v) is 8.70. The molecule has 1 aliphatic carbocycles. The van der Waals surface area contributed by atoms with Gasteiger partial charge in [0.05, 0.1) is 5.92 Å². The van der Waals surface area contributed by atoms with E-state index < -0.39 is 0 Å². The molecule has 1 aromatic rings. The van der Waals surface area contributed by atoms with Gasteiger partial charge in [0.15, 0.2) is 0 Å². The van der Waals surface area contributed by atoms with Crippen molar-refractivity contribution < 1.29 is 9.18 Å². The molecule has 4 nitrogen and oxygen atoms in total. The summed E-state index contributed by atoms with van der Waals surface area (Å²) in [6.45, 7) is 7.13. The van der Waals surface area contributed by atoms with Crippen LogP contribution in [0.15, 0.2) is 18.2 Å². The molecule has 2 aliphatic heterocycles. The molecule has 27 heavy (non-hydrogen) atoms. The van der Waals surface area contributed by atoms with Crippen molar-refractivity contribution in [3.63, 3.8) is 0 Å². The third kappa shape index (κ3) is 4.88. The van der Waals surface area contributed by atoms with Gasteiger partial charge in [-0.3, -0.25) is 14.6 Å². The summed E-state index contributed by atoms with van der Waals surface area (Å²) in [5.74, 6) is 0.311. The second kappa shape index (κ2) is 8.27. The highest BCUT2D eigenvalue weighted by molar-refractivity contribution is 5.79. The summed E-state index contributed by atoms with van der Waals surface area (Å²) in [6, 6.07) is 6.18. The molecular weight excluding hydrogens is 341 g/mol. The van der Waals surface area contributed by atoms with E-state index in [-0.39, 0.29) is 17.6 Å². The van der Waals surface area contributed by atoms with E-state index in [0.29, 0.717) is 12.1 Å². The van der Waals surface area contributed by atoms with Crippen LogP contribution < -0.4 is 5.32 Å². The lowest BCUT2D eigenvalue weighted by Gasteiger charge is -2.42. The van der Waals surface area contributed by atoms with Crippen molar-refractivity contribution in [2.45, 2.75) is 64.1 Å². The van der Waals surface area contributed by atoms with Crippen LogP contribution in [0.5, 0.6) is 0 Å². The fraction of sp³-hybridized carbons (Fsp3) is 0.682. The van der Waals surface area contributed by atoms with Crippen LogP contribution in [0.25, 0.3) is 0 Å². The Kier molecular flexibility index (Phi) is 5.79. The third-order valence-electron chi connectivity index (χ3n) is 6.52. The Balaban J connectivity index is 1.26. The number of carbonyl (C=O) groups is 1. The molecule has 148 valence electrons. The summed E-state index contributed by atoms with van der Waals surface area (Å²) in [5.41, 5.74) is 2.27.